The summed E-state index contributed by atoms with van der Waals surface area (Å²) in [4.78, 5) is 51.7. The van der Waals surface area contributed by atoms with Crippen molar-refractivity contribution in [3.8, 4) is 11.5 Å². The second kappa shape index (κ2) is 7.38. The second-order valence-corrected chi connectivity index (χ2v) is 6.61. The maximum Gasteiger partial charge on any atom is 0.332 e. The van der Waals surface area contributed by atoms with Crippen molar-refractivity contribution >= 4 is 23.1 Å². The third kappa shape index (κ3) is 3.68. The van der Waals surface area contributed by atoms with E-state index >= 15 is 0 Å². The van der Waals surface area contributed by atoms with Crippen molar-refractivity contribution in [1.29, 1.82) is 0 Å². The molecule has 2 aromatic heterocycles. The van der Waals surface area contributed by atoms with Crippen LogP contribution in [0.2, 0.25) is 0 Å². The third-order valence-electron chi connectivity index (χ3n) is 4.45. The molecule has 10 heteroatoms. The summed E-state index contributed by atoms with van der Waals surface area (Å²) in [7, 11) is 4.65. The molecule has 0 spiro atoms. The highest BCUT2D eigenvalue weighted by Crippen LogP contribution is 2.30. The Labute approximate surface area is 164 Å². The highest BCUT2D eigenvalue weighted by atomic mass is 16.6. The number of hydrogen-bond acceptors (Lipinski definition) is 7. The van der Waals surface area contributed by atoms with Crippen LogP contribution in [0.3, 0.4) is 0 Å². The number of hydrogen-bond donors (Lipinski definition) is 0. The molecule has 1 aromatic carbocycles. The number of esters is 2. The van der Waals surface area contributed by atoms with Gasteiger partial charge in [-0.3, -0.25) is 23.5 Å². The van der Waals surface area contributed by atoms with Crippen molar-refractivity contribution < 1.29 is 19.1 Å². The minimum atomic E-state index is -0.559. The molecule has 0 fully saturated rings. The predicted molar refractivity (Wildman–Crippen MR) is 103 cm³/mol. The number of ether oxygens (including phenoxy) is 2. The van der Waals surface area contributed by atoms with Crippen molar-refractivity contribution in [2.24, 2.45) is 21.1 Å². The summed E-state index contributed by atoms with van der Waals surface area (Å²) in [6.45, 7) is 2.49. The molecule has 2 heterocycles. The molecular weight excluding hydrogens is 380 g/mol. The predicted octanol–water partition coefficient (Wildman–Crippen LogP) is 0.412. The standard InChI is InChI=1S/C19H20N4O6/c1-10(24)28-13-7-6-12(8-14(13)29-11(2)25)9-15-20-17-16(21(15)3)18(26)23(5)19(27)22(17)4/h6-8H,9H2,1-5H3. The van der Waals surface area contributed by atoms with Crippen LogP contribution in [0, 0.1) is 0 Å². The lowest BCUT2D eigenvalue weighted by Crippen LogP contribution is -2.37. The zero-order chi connectivity index (χ0) is 21.5. The molecule has 0 aliphatic rings. The Balaban J connectivity index is 2.08. The Kier molecular flexibility index (Phi) is 5.10. The van der Waals surface area contributed by atoms with Crippen LogP contribution in [0.4, 0.5) is 0 Å². The first-order chi connectivity index (χ1) is 13.6. The van der Waals surface area contributed by atoms with Gasteiger partial charge in [-0.25, -0.2) is 9.78 Å². The monoisotopic (exact) mass is 400 g/mol. The molecule has 0 aliphatic carbocycles. The first-order valence-electron chi connectivity index (χ1n) is 8.71. The van der Waals surface area contributed by atoms with E-state index < -0.39 is 23.2 Å². The largest absolute Gasteiger partial charge is 0.423 e. The average Bonchev–Trinajstić information content (AvgIpc) is 2.96. The molecule has 0 atom stereocenters. The van der Waals surface area contributed by atoms with Gasteiger partial charge in [-0.15, -0.1) is 0 Å². The number of carbonyl (C=O) groups excluding carboxylic acids is 2. The molecule has 10 nitrogen and oxygen atoms in total. The highest BCUT2D eigenvalue weighted by molar-refractivity contribution is 5.74. The molecule has 0 aliphatic heterocycles. The number of fused-ring (bicyclic) bond motifs is 1. The van der Waals surface area contributed by atoms with E-state index in [1.54, 1.807) is 30.8 Å². The van der Waals surface area contributed by atoms with Crippen molar-refractivity contribution in [3.05, 3.63) is 50.4 Å². The molecule has 152 valence electrons. The van der Waals surface area contributed by atoms with Crippen LogP contribution in [0.25, 0.3) is 11.2 Å². The van der Waals surface area contributed by atoms with Crippen molar-refractivity contribution in [2.45, 2.75) is 20.3 Å². The van der Waals surface area contributed by atoms with Crippen LogP contribution in [-0.4, -0.2) is 30.6 Å². The van der Waals surface area contributed by atoms with Gasteiger partial charge in [-0.1, -0.05) is 6.07 Å². The number of rotatable bonds is 4. The summed E-state index contributed by atoms with van der Waals surface area (Å²) in [6, 6.07) is 4.78. The molecule has 0 saturated carbocycles. The highest BCUT2D eigenvalue weighted by Gasteiger charge is 2.18. The quantitative estimate of drug-likeness (QED) is 0.460. The number of carbonyl (C=O) groups is 2. The Bertz CT molecular complexity index is 1260. The maximum absolute atomic E-state index is 12.5. The van der Waals surface area contributed by atoms with Crippen LogP contribution >= 0.6 is 0 Å². The zero-order valence-electron chi connectivity index (χ0n) is 16.7. The van der Waals surface area contributed by atoms with Crippen LogP contribution < -0.4 is 20.7 Å². The minimum absolute atomic E-state index is 0.104. The Morgan fingerprint density at radius 2 is 1.55 bits per heavy atom. The molecule has 0 unspecified atom stereocenters. The van der Waals surface area contributed by atoms with Gasteiger partial charge >= 0.3 is 17.6 Å². The van der Waals surface area contributed by atoms with E-state index in [9.17, 15) is 19.2 Å². The number of aryl methyl sites for hydroxylation is 2. The van der Waals surface area contributed by atoms with E-state index in [1.807, 2.05) is 0 Å². The number of aromatic nitrogens is 4. The molecule has 0 bridgehead atoms. The first kappa shape index (κ1) is 20.1. The van der Waals surface area contributed by atoms with Gasteiger partial charge < -0.3 is 14.0 Å². The van der Waals surface area contributed by atoms with Crippen molar-refractivity contribution in [3.63, 3.8) is 0 Å². The minimum Gasteiger partial charge on any atom is -0.423 e. The summed E-state index contributed by atoms with van der Waals surface area (Å²) >= 11 is 0. The molecule has 0 saturated heterocycles. The summed E-state index contributed by atoms with van der Waals surface area (Å²) in [5.74, 6) is -0.340. The topological polar surface area (TPSA) is 114 Å². The van der Waals surface area contributed by atoms with Crippen molar-refractivity contribution in [2.75, 3.05) is 0 Å². The summed E-state index contributed by atoms with van der Waals surface area (Å²) in [5.41, 5.74) is 0.399. The van der Waals surface area contributed by atoms with Crippen LogP contribution in [0.5, 0.6) is 11.5 Å². The maximum atomic E-state index is 12.5. The smallest absolute Gasteiger partial charge is 0.332 e. The van der Waals surface area contributed by atoms with Gasteiger partial charge in [0.15, 0.2) is 22.7 Å². The zero-order valence-corrected chi connectivity index (χ0v) is 16.7. The van der Waals surface area contributed by atoms with Gasteiger partial charge in [-0.2, -0.15) is 0 Å². The van der Waals surface area contributed by atoms with Crippen molar-refractivity contribution in [1.82, 2.24) is 18.7 Å². The summed E-state index contributed by atoms with van der Waals surface area (Å²) in [6.07, 6.45) is 0.289. The number of imidazole rings is 1. The molecule has 3 rings (SSSR count). The summed E-state index contributed by atoms with van der Waals surface area (Å²) in [5, 5.41) is 0. The first-order valence-corrected chi connectivity index (χ1v) is 8.71. The average molecular weight is 400 g/mol. The fraction of sp³-hybridized carbons (Fsp3) is 0.316. The Morgan fingerprint density at radius 3 is 2.17 bits per heavy atom. The van der Waals surface area contributed by atoms with E-state index in [-0.39, 0.29) is 23.6 Å². The van der Waals surface area contributed by atoms with E-state index in [0.29, 0.717) is 16.9 Å². The number of nitrogens with zero attached hydrogens (tertiary/aromatic N) is 4. The second-order valence-electron chi connectivity index (χ2n) is 6.61. The van der Waals surface area contributed by atoms with Gasteiger partial charge in [0.05, 0.1) is 0 Å². The van der Waals surface area contributed by atoms with Crippen LogP contribution in [0.1, 0.15) is 25.2 Å². The lowest BCUT2D eigenvalue weighted by Gasteiger charge is -2.10. The van der Waals surface area contributed by atoms with E-state index in [0.717, 1.165) is 4.57 Å². The van der Waals surface area contributed by atoms with E-state index in [1.165, 1.54) is 31.5 Å². The van der Waals surface area contributed by atoms with Crippen LogP contribution in [-0.2, 0) is 37.2 Å². The normalized spacial score (nSPS) is 10.9. The summed E-state index contributed by atoms with van der Waals surface area (Å²) < 4.78 is 14.2. The Hall–Kier alpha value is -3.69. The third-order valence-corrected chi connectivity index (χ3v) is 4.45. The fourth-order valence-corrected chi connectivity index (χ4v) is 3.04. The lowest BCUT2D eigenvalue weighted by molar-refractivity contribution is -0.134. The van der Waals surface area contributed by atoms with Gasteiger partial charge in [-0.05, 0) is 17.7 Å². The number of benzene rings is 1. The Morgan fingerprint density at radius 1 is 0.931 bits per heavy atom. The van der Waals surface area contributed by atoms with Gasteiger partial charge in [0.1, 0.15) is 5.82 Å². The molecule has 29 heavy (non-hydrogen) atoms. The van der Waals surface area contributed by atoms with Crippen LogP contribution in [0.15, 0.2) is 27.8 Å². The lowest BCUT2D eigenvalue weighted by atomic mass is 10.1. The molecule has 3 aromatic rings. The molecule has 0 N–H and O–H groups in total. The molecule has 0 amide bonds. The van der Waals surface area contributed by atoms with Gasteiger partial charge in [0.25, 0.3) is 5.56 Å². The van der Waals surface area contributed by atoms with E-state index in [4.69, 9.17) is 9.47 Å². The molecule has 0 radical (unpaired) electrons. The van der Waals surface area contributed by atoms with Gasteiger partial charge in [0.2, 0.25) is 0 Å². The fourth-order valence-electron chi connectivity index (χ4n) is 3.04. The molecular formula is C19H20N4O6. The van der Waals surface area contributed by atoms with E-state index in [2.05, 4.69) is 4.98 Å². The SMILES string of the molecule is CC(=O)Oc1ccc(Cc2nc3c(c(=O)n(C)c(=O)n3C)n2C)cc1OC(C)=O. The van der Waals surface area contributed by atoms with Gasteiger partial charge in [0, 0.05) is 41.4 Å².